The third kappa shape index (κ3) is 2.01. The molecule has 0 spiro atoms. The number of piperazine rings is 1. The molecular weight excluding hydrogens is 304 g/mol. The minimum Gasteiger partial charge on any atom is -0.495 e. The number of hydrogen-bond donors (Lipinski definition) is 0. The van der Waals surface area contributed by atoms with E-state index in [0.717, 1.165) is 29.7 Å². The molecule has 104 valence electrons. The van der Waals surface area contributed by atoms with Gasteiger partial charge >= 0.3 is 0 Å². The van der Waals surface area contributed by atoms with Crippen molar-refractivity contribution in [2.24, 2.45) is 0 Å². The van der Waals surface area contributed by atoms with Crippen molar-refractivity contribution in [3.05, 3.63) is 27.2 Å². The van der Waals surface area contributed by atoms with Crippen LogP contribution in [0, 0.1) is 6.92 Å². The van der Waals surface area contributed by atoms with Gasteiger partial charge in [0, 0.05) is 25.2 Å². The fourth-order valence-corrected chi connectivity index (χ4v) is 4.61. The van der Waals surface area contributed by atoms with E-state index in [2.05, 4.69) is 52.8 Å². The van der Waals surface area contributed by atoms with Gasteiger partial charge in [0.15, 0.2) is 0 Å². The molecule has 4 heteroatoms. The lowest BCUT2D eigenvalue weighted by Gasteiger charge is -2.48. The summed E-state index contributed by atoms with van der Waals surface area (Å²) in [6.45, 7) is 4.38. The summed E-state index contributed by atoms with van der Waals surface area (Å²) >= 11 is 3.78. The van der Waals surface area contributed by atoms with Gasteiger partial charge < -0.3 is 9.64 Å². The average Bonchev–Trinajstić information content (AvgIpc) is 2.32. The number of aryl methyl sites for hydroxylation is 1. The van der Waals surface area contributed by atoms with E-state index in [9.17, 15) is 0 Å². The topological polar surface area (TPSA) is 15.7 Å². The number of rotatable bonds is 1. The van der Waals surface area contributed by atoms with Crippen LogP contribution in [0.4, 0.5) is 0 Å². The second kappa shape index (κ2) is 4.76. The number of halogens is 1. The molecular formula is C15H21BrN2O. The zero-order chi connectivity index (χ0) is 13.7. The molecule has 1 aromatic rings. The number of nitrogens with zero attached hydrogens (tertiary/aromatic N) is 2. The SMILES string of the molecule is COc1c(C)cc2c(c1Br)[C@@H]1CN(C)C[C@H](C2)N1C. The van der Waals surface area contributed by atoms with Gasteiger partial charge in [0.05, 0.1) is 11.6 Å². The van der Waals surface area contributed by atoms with Crippen LogP contribution in [0.25, 0.3) is 0 Å². The molecule has 0 unspecified atom stereocenters. The Morgan fingerprint density at radius 2 is 2.05 bits per heavy atom. The minimum atomic E-state index is 0.469. The number of methoxy groups -OCH3 is 1. The fraction of sp³-hybridized carbons (Fsp3) is 0.600. The van der Waals surface area contributed by atoms with Crippen molar-refractivity contribution >= 4 is 15.9 Å². The van der Waals surface area contributed by atoms with Gasteiger partial charge in [0.2, 0.25) is 0 Å². The van der Waals surface area contributed by atoms with Gasteiger partial charge in [-0.3, -0.25) is 4.90 Å². The molecule has 19 heavy (non-hydrogen) atoms. The number of fused-ring (bicyclic) bond motifs is 4. The van der Waals surface area contributed by atoms with Gasteiger partial charge in [-0.15, -0.1) is 0 Å². The Balaban J connectivity index is 2.16. The average molecular weight is 325 g/mol. The second-order valence-electron chi connectivity index (χ2n) is 5.87. The Hall–Kier alpha value is -0.580. The third-order valence-corrected chi connectivity index (χ3v) is 5.39. The predicted octanol–water partition coefficient (Wildman–Crippen LogP) is 2.61. The number of likely N-dealkylation sites (N-methyl/N-ethyl adjacent to an activating group) is 2. The molecule has 1 saturated heterocycles. The summed E-state index contributed by atoms with van der Waals surface area (Å²) in [5, 5.41) is 0. The van der Waals surface area contributed by atoms with Crippen molar-refractivity contribution in [3.63, 3.8) is 0 Å². The molecule has 1 fully saturated rings. The van der Waals surface area contributed by atoms with Crippen LogP contribution in [0.15, 0.2) is 10.5 Å². The lowest BCUT2D eigenvalue weighted by Crippen LogP contribution is -2.55. The Labute approximate surface area is 123 Å². The molecule has 1 aromatic carbocycles. The van der Waals surface area contributed by atoms with Crippen molar-refractivity contribution in [2.45, 2.75) is 25.4 Å². The fourth-order valence-electron chi connectivity index (χ4n) is 3.62. The quantitative estimate of drug-likeness (QED) is 0.789. The van der Waals surface area contributed by atoms with Crippen LogP contribution in [-0.4, -0.2) is 50.1 Å². The molecule has 0 amide bonds. The first-order chi connectivity index (χ1) is 9.02. The number of ether oxygens (including phenoxy) is 1. The van der Waals surface area contributed by atoms with E-state index < -0.39 is 0 Å². The zero-order valence-electron chi connectivity index (χ0n) is 12.0. The molecule has 3 rings (SSSR count). The number of hydrogen-bond acceptors (Lipinski definition) is 3. The summed E-state index contributed by atoms with van der Waals surface area (Å²) in [4.78, 5) is 4.97. The lowest BCUT2D eigenvalue weighted by atomic mass is 9.84. The van der Waals surface area contributed by atoms with Crippen molar-refractivity contribution in [1.82, 2.24) is 9.80 Å². The smallest absolute Gasteiger partial charge is 0.136 e. The van der Waals surface area contributed by atoms with Crippen LogP contribution in [0.2, 0.25) is 0 Å². The van der Waals surface area contributed by atoms with Gasteiger partial charge in [0.1, 0.15) is 5.75 Å². The molecule has 0 aliphatic carbocycles. The van der Waals surface area contributed by atoms with Gasteiger partial charge in [-0.05, 0) is 60.1 Å². The van der Waals surface area contributed by atoms with E-state index in [1.54, 1.807) is 7.11 Å². The third-order valence-electron chi connectivity index (χ3n) is 4.60. The molecule has 2 atom stereocenters. The van der Waals surface area contributed by atoms with Crippen molar-refractivity contribution in [1.29, 1.82) is 0 Å². The van der Waals surface area contributed by atoms with Crippen molar-refractivity contribution in [3.8, 4) is 5.75 Å². The highest BCUT2D eigenvalue weighted by molar-refractivity contribution is 9.10. The summed E-state index contributed by atoms with van der Waals surface area (Å²) in [6.07, 6.45) is 1.14. The first kappa shape index (κ1) is 13.4. The molecule has 0 saturated carbocycles. The van der Waals surface area contributed by atoms with E-state index in [4.69, 9.17) is 4.74 Å². The monoisotopic (exact) mass is 324 g/mol. The van der Waals surface area contributed by atoms with Crippen LogP contribution in [0.1, 0.15) is 22.7 Å². The Morgan fingerprint density at radius 1 is 1.32 bits per heavy atom. The van der Waals surface area contributed by atoms with E-state index in [0.29, 0.717) is 12.1 Å². The normalized spacial score (nSPS) is 27.2. The molecule has 2 aliphatic rings. The Morgan fingerprint density at radius 3 is 2.74 bits per heavy atom. The summed E-state index contributed by atoms with van der Waals surface area (Å²) in [6, 6.07) is 3.42. The Kier molecular flexibility index (Phi) is 3.36. The molecule has 0 N–H and O–H groups in total. The molecule has 2 heterocycles. The van der Waals surface area contributed by atoms with Crippen LogP contribution in [-0.2, 0) is 6.42 Å². The van der Waals surface area contributed by atoms with Crippen LogP contribution in [0.3, 0.4) is 0 Å². The highest BCUT2D eigenvalue weighted by atomic mass is 79.9. The highest BCUT2D eigenvalue weighted by Crippen LogP contribution is 2.44. The van der Waals surface area contributed by atoms with Gasteiger partial charge in [0.25, 0.3) is 0 Å². The van der Waals surface area contributed by atoms with E-state index in [-0.39, 0.29) is 0 Å². The summed E-state index contributed by atoms with van der Waals surface area (Å²) in [5.41, 5.74) is 4.14. The largest absolute Gasteiger partial charge is 0.495 e. The molecule has 2 bridgehead atoms. The predicted molar refractivity (Wildman–Crippen MR) is 80.9 cm³/mol. The maximum absolute atomic E-state index is 5.56. The molecule has 2 aliphatic heterocycles. The minimum absolute atomic E-state index is 0.469. The number of benzene rings is 1. The van der Waals surface area contributed by atoms with Gasteiger partial charge in [-0.25, -0.2) is 0 Å². The van der Waals surface area contributed by atoms with Crippen LogP contribution in [0.5, 0.6) is 5.75 Å². The molecule has 3 nitrogen and oxygen atoms in total. The lowest BCUT2D eigenvalue weighted by molar-refractivity contribution is 0.0455. The standard InChI is InChI=1S/C15H21BrN2O/c1-9-5-10-6-11-7-17(2)8-12(18(11)3)13(10)14(16)15(9)19-4/h5,11-12H,6-8H2,1-4H3/t11-,12-/m0/s1. The first-order valence-electron chi connectivity index (χ1n) is 6.79. The molecule has 0 radical (unpaired) electrons. The van der Waals surface area contributed by atoms with Crippen LogP contribution >= 0.6 is 15.9 Å². The summed E-state index contributed by atoms with van der Waals surface area (Å²) in [5.74, 6) is 0.985. The summed E-state index contributed by atoms with van der Waals surface area (Å²) < 4.78 is 6.71. The highest BCUT2D eigenvalue weighted by Gasteiger charge is 2.39. The van der Waals surface area contributed by atoms with Crippen molar-refractivity contribution in [2.75, 3.05) is 34.3 Å². The van der Waals surface area contributed by atoms with E-state index in [1.165, 1.54) is 16.7 Å². The second-order valence-corrected chi connectivity index (χ2v) is 6.67. The van der Waals surface area contributed by atoms with Crippen LogP contribution < -0.4 is 4.74 Å². The van der Waals surface area contributed by atoms with Gasteiger partial charge in [-0.1, -0.05) is 6.07 Å². The molecule has 0 aromatic heterocycles. The van der Waals surface area contributed by atoms with E-state index in [1.807, 2.05) is 0 Å². The Bertz CT molecular complexity index is 517. The zero-order valence-corrected chi connectivity index (χ0v) is 13.6. The van der Waals surface area contributed by atoms with Crippen molar-refractivity contribution < 1.29 is 4.74 Å². The first-order valence-corrected chi connectivity index (χ1v) is 7.58. The van der Waals surface area contributed by atoms with E-state index >= 15 is 0 Å². The van der Waals surface area contributed by atoms with Gasteiger partial charge in [-0.2, -0.15) is 0 Å². The maximum atomic E-state index is 5.56. The summed E-state index contributed by atoms with van der Waals surface area (Å²) in [7, 11) is 6.23. The maximum Gasteiger partial charge on any atom is 0.136 e.